The highest BCUT2D eigenvalue weighted by molar-refractivity contribution is 7.89. The number of nitrogens with zero attached hydrogens (tertiary/aromatic N) is 1. The highest BCUT2D eigenvalue weighted by atomic mass is 35.5. The molecular formula is C15H13ClN2O3S. The van der Waals surface area contributed by atoms with Crippen molar-refractivity contribution in [3.8, 4) is 6.07 Å². The first-order chi connectivity index (χ1) is 10.5. The van der Waals surface area contributed by atoms with Gasteiger partial charge in [0.2, 0.25) is 10.0 Å². The van der Waals surface area contributed by atoms with Crippen LogP contribution in [0, 0.1) is 11.3 Å². The first kappa shape index (κ1) is 16.5. The van der Waals surface area contributed by atoms with Gasteiger partial charge in [0.15, 0.2) is 0 Å². The van der Waals surface area contributed by atoms with Crippen molar-refractivity contribution in [2.75, 3.05) is 6.61 Å². The Balaban J connectivity index is 2.29. The predicted octanol–water partition coefficient (Wildman–Crippen LogP) is 2.22. The van der Waals surface area contributed by atoms with Gasteiger partial charge in [0.25, 0.3) is 0 Å². The molecule has 0 aliphatic rings. The molecule has 1 atom stereocenters. The molecule has 2 N–H and O–H groups in total. The molecule has 7 heteroatoms. The number of sulfonamides is 1. The van der Waals surface area contributed by atoms with Crippen LogP contribution in [0.5, 0.6) is 0 Å². The second-order valence-electron chi connectivity index (χ2n) is 4.55. The normalized spacial score (nSPS) is 12.6. The Hall–Kier alpha value is -1.91. The van der Waals surface area contributed by atoms with Crippen molar-refractivity contribution < 1.29 is 13.5 Å². The van der Waals surface area contributed by atoms with E-state index in [-0.39, 0.29) is 10.5 Å². The number of hydrogen-bond acceptors (Lipinski definition) is 4. The molecule has 0 spiro atoms. The predicted molar refractivity (Wildman–Crippen MR) is 82.8 cm³/mol. The van der Waals surface area contributed by atoms with Crippen molar-refractivity contribution in [2.45, 2.75) is 10.9 Å². The van der Waals surface area contributed by atoms with Gasteiger partial charge in [-0.25, -0.2) is 13.1 Å². The van der Waals surface area contributed by atoms with Gasteiger partial charge in [-0.3, -0.25) is 0 Å². The maximum atomic E-state index is 12.4. The molecule has 0 bridgehead atoms. The summed E-state index contributed by atoms with van der Waals surface area (Å²) in [5, 5.41) is 18.8. The number of nitriles is 1. The number of nitrogens with one attached hydrogen (secondary N) is 1. The van der Waals surface area contributed by atoms with E-state index in [0.29, 0.717) is 10.6 Å². The van der Waals surface area contributed by atoms with Crippen LogP contribution in [-0.4, -0.2) is 20.1 Å². The first-order valence-corrected chi connectivity index (χ1v) is 8.21. The summed E-state index contributed by atoms with van der Waals surface area (Å²) in [4.78, 5) is -0.0287. The number of rotatable bonds is 5. The zero-order valence-corrected chi connectivity index (χ0v) is 13.0. The summed E-state index contributed by atoms with van der Waals surface area (Å²) >= 11 is 5.79. The highest BCUT2D eigenvalue weighted by Gasteiger charge is 2.21. The van der Waals surface area contributed by atoms with Gasteiger partial charge in [0.1, 0.15) is 0 Å². The molecule has 0 aliphatic carbocycles. The summed E-state index contributed by atoms with van der Waals surface area (Å²) in [6.45, 7) is -0.404. The molecule has 2 rings (SSSR count). The Kier molecular flexibility index (Phi) is 5.16. The second kappa shape index (κ2) is 6.90. The van der Waals surface area contributed by atoms with Crippen molar-refractivity contribution >= 4 is 21.6 Å². The summed E-state index contributed by atoms with van der Waals surface area (Å²) in [5.41, 5.74) is 0.835. The van der Waals surface area contributed by atoms with Crippen LogP contribution in [0.2, 0.25) is 5.02 Å². The topological polar surface area (TPSA) is 90.2 Å². The smallest absolute Gasteiger partial charge is 0.241 e. The van der Waals surface area contributed by atoms with Crippen LogP contribution in [0.15, 0.2) is 53.4 Å². The van der Waals surface area contributed by atoms with E-state index in [0.717, 1.165) is 0 Å². The molecule has 0 amide bonds. The molecule has 0 aliphatic heterocycles. The fourth-order valence-electron chi connectivity index (χ4n) is 1.89. The number of aliphatic hydroxyl groups is 1. The van der Waals surface area contributed by atoms with Gasteiger partial charge in [0, 0.05) is 5.02 Å². The molecular weight excluding hydrogens is 324 g/mol. The maximum Gasteiger partial charge on any atom is 0.241 e. The zero-order valence-electron chi connectivity index (χ0n) is 11.4. The van der Waals surface area contributed by atoms with Crippen molar-refractivity contribution in [3.05, 3.63) is 64.7 Å². The maximum absolute atomic E-state index is 12.4. The van der Waals surface area contributed by atoms with E-state index >= 15 is 0 Å². The lowest BCUT2D eigenvalue weighted by Gasteiger charge is -2.17. The zero-order chi connectivity index (χ0) is 16.2. The molecule has 0 saturated carbocycles. The Morgan fingerprint density at radius 3 is 2.50 bits per heavy atom. The van der Waals surface area contributed by atoms with Gasteiger partial charge in [-0.15, -0.1) is 0 Å². The van der Waals surface area contributed by atoms with Crippen LogP contribution >= 0.6 is 11.6 Å². The summed E-state index contributed by atoms with van der Waals surface area (Å²) < 4.78 is 27.1. The van der Waals surface area contributed by atoms with E-state index in [1.54, 1.807) is 24.3 Å². The lowest BCUT2D eigenvalue weighted by atomic mass is 10.1. The summed E-state index contributed by atoms with van der Waals surface area (Å²) in [6, 6.07) is 13.3. The first-order valence-electron chi connectivity index (χ1n) is 6.35. The van der Waals surface area contributed by atoms with Crippen LogP contribution in [-0.2, 0) is 10.0 Å². The van der Waals surface area contributed by atoms with Crippen molar-refractivity contribution in [1.29, 1.82) is 5.26 Å². The molecule has 0 heterocycles. The Morgan fingerprint density at radius 2 is 1.91 bits per heavy atom. The molecule has 2 aromatic rings. The summed E-state index contributed by atoms with van der Waals surface area (Å²) in [6.07, 6.45) is 0. The lowest BCUT2D eigenvalue weighted by Crippen LogP contribution is -2.30. The van der Waals surface area contributed by atoms with E-state index in [4.69, 9.17) is 16.9 Å². The Morgan fingerprint density at radius 1 is 1.23 bits per heavy atom. The number of aliphatic hydroxyl groups excluding tert-OH is 1. The van der Waals surface area contributed by atoms with Crippen LogP contribution in [0.25, 0.3) is 0 Å². The SMILES string of the molecule is N#Cc1cccc(S(=O)(=O)NC(CO)c2ccc(Cl)cc2)c1. The third-order valence-electron chi connectivity index (χ3n) is 3.03. The van der Waals surface area contributed by atoms with Gasteiger partial charge < -0.3 is 5.11 Å². The van der Waals surface area contributed by atoms with Gasteiger partial charge in [-0.2, -0.15) is 5.26 Å². The van der Waals surface area contributed by atoms with E-state index < -0.39 is 22.7 Å². The van der Waals surface area contributed by atoms with Gasteiger partial charge >= 0.3 is 0 Å². The lowest BCUT2D eigenvalue weighted by molar-refractivity contribution is 0.259. The molecule has 5 nitrogen and oxygen atoms in total. The molecule has 0 aromatic heterocycles. The van der Waals surface area contributed by atoms with Crippen molar-refractivity contribution in [3.63, 3.8) is 0 Å². The summed E-state index contributed by atoms with van der Waals surface area (Å²) in [5.74, 6) is 0. The van der Waals surface area contributed by atoms with E-state index in [9.17, 15) is 13.5 Å². The van der Waals surface area contributed by atoms with Gasteiger partial charge in [-0.1, -0.05) is 29.8 Å². The number of halogens is 1. The minimum atomic E-state index is -3.86. The van der Waals surface area contributed by atoms with E-state index in [1.165, 1.54) is 24.3 Å². The Bertz CT molecular complexity index is 798. The highest BCUT2D eigenvalue weighted by Crippen LogP contribution is 2.19. The van der Waals surface area contributed by atoms with Crippen LogP contribution < -0.4 is 4.72 Å². The van der Waals surface area contributed by atoms with Crippen molar-refractivity contribution in [1.82, 2.24) is 4.72 Å². The number of benzene rings is 2. The minimum Gasteiger partial charge on any atom is -0.394 e. The molecule has 1 unspecified atom stereocenters. The van der Waals surface area contributed by atoms with Crippen LogP contribution in [0.1, 0.15) is 17.2 Å². The third-order valence-corrected chi connectivity index (χ3v) is 4.75. The molecule has 22 heavy (non-hydrogen) atoms. The van der Waals surface area contributed by atoms with E-state index in [1.807, 2.05) is 6.07 Å². The number of hydrogen-bond donors (Lipinski definition) is 2. The van der Waals surface area contributed by atoms with Gasteiger partial charge in [-0.05, 0) is 35.9 Å². The molecule has 114 valence electrons. The Labute approximate surface area is 133 Å². The largest absolute Gasteiger partial charge is 0.394 e. The van der Waals surface area contributed by atoms with Crippen LogP contribution in [0.4, 0.5) is 0 Å². The molecule has 0 saturated heterocycles. The minimum absolute atomic E-state index is 0.0287. The van der Waals surface area contributed by atoms with Gasteiger partial charge in [0.05, 0.1) is 29.2 Å². The fraction of sp³-hybridized carbons (Fsp3) is 0.133. The molecule has 0 radical (unpaired) electrons. The molecule has 0 fully saturated rings. The monoisotopic (exact) mass is 336 g/mol. The standard InChI is InChI=1S/C15H13ClN2O3S/c16-13-6-4-12(5-7-13)15(10-19)18-22(20,21)14-3-1-2-11(8-14)9-17/h1-8,15,18-19H,10H2. The van der Waals surface area contributed by atoms with Crippen molar-refractivity contribution in [2.24, 2.45) is 0 Å². The summed E-state index contributed by atoms with van der Waals surface area (Å²) in [7, 11) is -3.86. The van der Waals surface area contributed by atoms with Crippen LogP contribution in [0.3, 0.4) is 0 Å². The third kappa shape index (κ3) is 3.84. The fourth-order valence-corrected chi connectivity index (χ4v) is 3.28. The van der Waals surface area contributed by atoms with E-state index in [2.05, 4.69) is 4.72 Å². The average Bonchev–Trinajstić information content (AvgIpc) is 2.53. The second-order valence-corrected chi connectivity index (χ2v) is 6.70. The average molecular weight is 337 g/mol. The molecule has 2 aromatic carbocycles. The quantitative estimate of drug-likeness (QED) is 0.876.